The van der Waals surface area contributed by atoms with E-state index in [9.17, 15) is 9.90 Å². The summed E-state index contributed by atoms with van der Waals surface area (Å²) in [6.07, 6.45) is 2.19. The highest BCUT2D eigenvalue weighted by Crippen LogP contribution is 2.20. The van der Waals surface area contributed by atoms with Crippen molar-refractivity contribution in [2.75, 3.05) is 6.54 Å². The van der Waals surface area contributed by atoms with Gasteiger partial charge in [-0.3, -0.25) is 4.79 Å². The first-order valence-corrected chi connectivity index (χ1v) is 14.0. The fourth-order valence-corrected chi connectivity index (χ4v) is 5.03. The lowest BCUT2D eigenvalue weighted by Crippen LogP contribution is -2.43. The minimum atomic E-state index is -0.667. The number of aliphatic hydroxyl groups excluding tert-OH is 1. The van der Waals surface area contributed by atoms with Crippen LogP contribution in [0.15, 0.2) is 72.9 Å². The molecular formula is C34H42N4O2. The summed E-state index contributed by atoms with van der Waals surface area (Å²) in [5, 5.41) is 17.4. The predicted octanol–water partition coefficient (Wildman–Crippen LogP) is 5.61. The molecule has 2 aromatic carbocycles. The van der Waals surface area contributed by atoms with E-state index in [0.717, 1.165) is 45.9 Å². The number of carbonyl (C=O) groups excluding carboxylic acids is 1. The Hall–Kier alpha value is -3.74. The molecule has 0 radical (unpaired) electrons. The van der Waals surface area contributed by atoms with Gasteiger partial charge >= 0.3 is 0 Å². The molecule has 1 atom stereocenters. The van der Waals surface area contributed by atoms with E-state index in [1.165, 1.54) is 11.1 Å². The van der Waals surface area contributed by atoms with Crippen LogP contribution in [0.2, 0.25) is 0 Å². The number of carbonyl (C=O) groups is 1. The lowest BCUT2D eigenvalue weighted by Gasteiger charge is -2.28. The molecule has 210 valence electrons. The summed E-state index contributed by atoms with van der Waals surface area (Å²) < 4.78 is 2.10. The van der Waals surface area contributed by atoms with Gasteiger partial charge in [-0.2, -0.15) is 0 Å². The standard InChI is InChI=1S/C34H42N4O2/c1-23-10-13-29(16-24(23)2)20-36-33(40)18-27-8-7-9-28(17-27)19-34(5,6)37-22-31(39)30-14-15-32(35-21-30)38-25(3)11-12-26(38)4/h7-17,21,31,37,39H,18-20,22H2,1-6H3,(H,36,40)/t31-/m1/s1. The van der Waals surface area contributed by atoms with Crippen molar-refractivity contribution in [3.63, 3.8) is 0 Å². The normalized spacial score (nSPS) is 12.4. The number of aromatic nitrogens is 2. The van der Waals surface area contributed by atoms with Gasteiger partial charge in [0.2, 0.25) is 5.91 Å². The Balaban J connectivity index is 1.29. The number of amides is 1. The average molecular weight is 539 g/mol. The van der Waals surface area contributed by atoms with Gasteiger partial charge in [-0.25, -0.2) is 4.98 Å². The first-order valence-electron chi connectivity index (χ1n) is 14.0. The molecule has 4 rings (SSSR count). The molecule has 0 spiro atoms. The van der Waals surface area contributed by atoms with Crippen LogP contribution in [0, 0.1) is 27.7 Å². The summed E-state index contributed by atoms with van der Waals surface area (Å²) in [5.41, 5.74) is 8.52. The van der Waals surface area contributed by atoms with Crippen molar-refractivity contribution in [2.24, 2.45) is 0 Å². The minimum absolute atomic E-state index is 0.0117. The average Bonchev–Trinajstić information content (AvgIpc) is 3.25. The molecule has 0 unspecified atom stereocenters. The highest BCUT2D eigenvalue weighted by Gasteiger charge is 2.20. The smallest absolute Gasteiger partial charge is 0.224 e. The first kappa shape index (κ1) is 29.2. The van der Waals surface area contributed by atoms with Gasteiger partial charge < -0.3 is 20.3 Å². The molecule has 3 N–H and O–H groups in total. The molecule has 0 aliphatic heterocycles. The van der Waals surface area contributed by atoms with Gasteiger partial charge in [0.25, 0.3) is 0 Å². The lowest BCUT2D eigenvalue weighted by molar-refractivity contribution is -0.120. The van der Waals surface area contributed by atoms with Gasteiger partial charge in [0.1, 0.15) is 5.82 Å². The summed E-state index contributed by atoms with van der Waals surface area (Å²) >= 11 is 0. The van der Waals surface area contributed by atoms with E-state index in [-0.39, 0.29) is 11.4 Å². The molecule has 6 nitrogen and oxygen atoms in total. The van der Waals surface area contributed by atoms with Crippen LogP contribution in [-0.4, -0.2) is 32.6 Å². The molecule has 40 heavy (non-hydrogen) atoms. The van der Waals surface area contributed by atoms with Crippen LogP contribution in [0.4, 0.5) is 0 Å². The molecule has 0 fully saturated rings. The number of nitrogens with one attached hydrogen (secondary N) is 2. The van der Waals surface area contributed by atoms with Crippen molar-refractivity contribution in [3.8, 4) is 5.82 Å². The van der Waals surface area contributed by atoms with E-state index in [0.29, 0.717) is 19.5 Å². The molecule has 0 aliphatic carbocycles. The minimum Gasteiger partial charge on any atom is -0.387 e. The molecule has 6 heteroatoms. The van der Waals surface area contributed by atoms with Gasteiger partial charge in [0.15, 0.2) is 0 Å². The number of rotatable bonds is 11. The number of benzene rings is 2. The van der Waals surface area contributed by atoms with Crippen molar-refractivity contribution < 1.29 is 9.90 Å². The lowest BCUT2D eigenvalue weighted by atomic mass is 9.93. The topological polar surface area (TPSA) is 79.2 Å². The maximum Gasteiger partial charge on any atom is 0.224 e. The molecule has 1 amide bonds. The maximum absolute atomic E-state index is 12.6. The Morgan fingerprint density at radius 1 is 0.900 bits per heavy atom. The Morgan fingerprint density at radius 3 is 2.30 bits per heavy atom. The first-order chi connectivity index (χ1) is 19.0. The second-order valence-corrected chi connectivity index (χ2v) is 11.6. The third-order valence-corrected chi connectivity index (χ3v) is 7.49. The number of nitrogens with zero attached hydrogens (tertiary/aromatic N) is 2. The fraction of sp³-hybridized carbons (Fsp3) is 0.353. The van der Waals surface area contributed by atoms with Crippen molar-refractivity contribution in [3.05, 3.63) is 118 Å². The predicted molar refractivity (Wildman–Crippen MR) is 162 cm³/mol. The van der Waals surface area contributed by atoms with E-state index >= 15 is 0 Å². The monoisotopic (exact) mass is 538 g/mol. The summed E-state index contributed by atoms with van der Waals surface area (Å²) in [6.45, 7) is 13.5. The number of aryl methyl sites for hydroxylation is 4. The van der Waals surface area contributed by atoms with E-state index in [2.05, 4.69) is 104 Å². The largest absolute Gasteiger partial charge is 0.387 e. The van der Waals surface area contributed by atoms with Crippen LogP contribution in [0.1, 0.15) is 64.7 Å². The summed E-state index contributed by atoms with van der Waals surface area (Å²) in [6, 6.07) is 22.5. The molecule has 0 saturated heterocycles. The number of β-amino-alcohol motifs (C(OH)–C–C–N with tert-alkyl or cyclic N) is 1. The van der Waals surface area contributed by atoms with Gasteiger partial charge in [0, 0.05) is 41.8 Å². The molecule has 4 aromatic rings. The number of hydrogen-bond acceptors (Lipinski definition) is 4. The quantitative estimate of drug-likeness (QED) is 0.232. The summed E-state index contributed by atoms with van der Waals surface area (Å²) in [4.78, 5) is 17.2. The second-order valence-electron chi connectivity index (χ2n) is 11.6. The zero-order chi connectivity index (χ0) is 28.9. The third-order valence-electron chi connectivity index (χ3n) is 7.49. The zero-order valence-electron chi connectivity index (χ0n) is 24.6. The van der Waals surface area contributed by atoms with Crippen LogP contribution in [0.3, 0.4) is 0 Å². The van der Waals surface area contributed by atoms with Gasteiger partial charge in [-0.05, 0) is 94.0 Å². The third kappa shape index (κ3) is 7.68. The molecule has 2 heterocycles. The highest BCUT2D eigenvalue weighted by molar-refractivity contribution is 5.78. The van der Waals surface area contributed by atoms with Gasteiger partial charge in [-0.15, -0.1) is 0 Å². The van der Waals surface area contributed by atoms with Gasteiger partial charge in [0.05, 0.1) is 12.5 Å². The number of aliphatic hydroxyl groups is 1. The zero-order valence-corrected chi connectivity index (χ0v) is 24.6. The summed E-state index contributed by atoms with van der Waals surface area (Å²) in [7, 11) is 0. The van der Waals surface area contributed by atoms with Crippen LogP contribution in [-0.2, 0) is 24.2 Å². The van der Waals surface area contributed by atoms with E-state index in [1.807, 2.05) is 24.3 Å². The van der Waals surface area contributed by atoms with Crippen LogP contribution >= 0.6 is 0 Å². The van der Waals surface area contributed by atoms with Crippen molar-refractivity contribution in [2.45, 2.75) is 72.6 Å². The van der Waals surface area contributed by atoms with Crippen LogP contribution in [0.5, 0.6) is 0 Å². The van der Waals surface area contributed by atoms with Gasteiger partial charge in [-0.1, -0.05) is 48.5 Å². The SMILES string of the molecule is Cc1ccc(CNC(=O)Cc2cccc(CC(C)(C)NC[C@@H](O)c3ccc(-n4c(C)ccc4C)nc3)c2)cc1C. The molecule has 0 saturated carbocycles. The molecule has 0 bridgehead atoms. The van der Waals surface area contributed by atoms with Crippen molar-refractivity contribution in [1.29, 1.82) is 0 Å². The highest BCUT2D eigenvalue weighted by atomic mass is 16.3. The van der Waals surface area contributed by atoms with Crippen LogP contribution < -0.4 is 10.6 Å². The fourth-order valence-electron chi connectivity index (χ4n) is 5.03. The van der Waals surface area contributed by atoms with E-state index < -0.39 is 6.10 Å². The van der Waals surface area contributed by atoms with E-state index in [1.54, 1.807) is 6.20 Å². The van der Waals surface area contributed by atoms with E-state index in [4.69, 9.17) is 0 Å². The Bertz CT molecular complexity index is 1430. The van der Waals surface area contributed by atoms with Crippen molar-refractivity contribution in [1.82, 2.24) is 20.2 Å². The van der Waals surface area contributed by atoms with Crippen LogP contribution in [0.25, 0.3) is 5.82 Å². The second kappa shape index (κ2) is 12.6. The summed E-state index contributed by atoms with van der Waals surface area (Å²) in [5.74, 6) is 0.862. The Labute approximate surface area is 238 Å². The molecule has 0 aliphatic rings. The Kier molecular flexibility index (Phi) is 9.23. The Morgan fingerprint density at radius 2 is 1.62 bits per heavy atom. The molecular weight excluding hydrogens is 496 g/mol. The number of pyridine rings is 1. The maximum atomic E-state index is 12.6. The molecule has 2 aromatic heterocycles. The number of hydrogen-bond donors (Lipinski definition) is 3. The van der Waals surface area contributed by atoms with Crippen molar-refractivity contribution >= 4 is 5.91 Å².